The summed E-state index contributed by atoms with van der Waals surface area (Å²) in [5.74, 6) is -1.05. The Labute approximate surface area is 128 Å². The maximum absolute atomic E-state index is 12.1. The molecule has 0 fully saturated rings. The van der Waals surface area contributed by atoms with Gasteiger partial charge in [-0.2, -0.15) is 0 Å². The summed E-state index contributed by atoms with van der Waals surface area (Å²) in [6, 6.07) is 11.4. The fourth-order valence-corrected chi connectivity index (χ4v) is 2.30. The molecule has 0 aliphatic heterocycles. The number of nitro groups is 1. The summed E-state index contributed by atoms with van der Waals surface area (Å²) in [6.45, 7) is 0. The SMILES string of the molecule is O=C(O)c1ccccc1-c1cc2ccc([N+](=O)[O-])cc2c(=O)o1. The van der Waals surface area contributed by atoms with Crippen LogP contribution in [0.3, 0.4) is 0 Å². The number of benzene rings is 2. The highest BCUT2D eigenvalue weighted by molar-refractivity contribution is 5.96. The molecule has 0 bridgehead atoms. The van der Waals surface area contributed by atoms with Crippen LogP contribution < -0.4 is 5.63 Å². The molecule has 2 aromatic carbocycles. The molecule has 3 rings (SSSR count). The quantitative estimate of drug-likeness (QED) is 0.588. The molecule has 0 saturated heterocycles. The van der Waals surface area contributed by atoms with E-state index in [0.29, 0.717) is 5.39 Å². The van der Waals surface area contributed by atoms with E-state index >= 15 is 0 Å². The van der Waals surface area contributed by atoms with Crippen molar-refractivity contribution in [2.75, 3.05) is 0 Å². The van der Waals surface area contributed by atoms with Crippen LogP contribution in [-0.2, 0) is 0 Å². The molecular weight excluding hydrogens is 302 g/mol. The van der Waals surface area contributed by atoms with Crippen LogP contribution in [0.1, 0.15) is 10.4 Å². The van der Waals surface area contributed by atoms with Crippen LogP contribution >= 0.6 is 0 Å². The second-order valence-corrected chi connectivity index (χ2v) is 4.78. The van der Waals surface area contributed by atoms with E-state index in [9.17, 15) is 24.8 Å². The zero-order chi connectivity index (χ0) is 16.6. The molecule has 23 heavy (non-hydrogen) atoms. The smallest absolute Gasteiger partial charge is 0.344 e. The van der Waals surface area contributed by atoms with Crippen LogP contribution in [0.2, 0.25) is 0 Å². The van der Waals surface area contributed by atoms with Crippen LogP contribution in [0.4, 0.5) is 5.69 Å². The van der Waals surface area contributed by atoms with Crippen molar-refractivity contribution in [1.29, 1.82) is 0 Å². The van der Waals surface area contributed by atoms with Crippen molar-refractivity contribution >= 4 is 22.4 Å². The number of fused-ring (bicyclic) bond motifs is 1. The molecule has 1 heterocycles. The first-order valence-corrected chi connectivity index (χ1v) is 6.52. The van der Waals surface area contributed by atoms with Gasteiger partial charge in [-0.3, -0.25) is 10.1 Å². The number of rotatable bonds is 3. The number of hydrogen-bond acceptors (Lipinski definition) is 5. The normalized spacial score (nSPS) is 10.6. The fourth-order valence-electron chi connectivity index (χ4n) is 2.30. The Balaban J connectivity index is 2.26. The van der Waals surface area contributed by atoms with Gasteiger partial charge in [-0.15, -0.1) is 0 Å². The van der Waals surface area contributed by atoms with Gasteiger partial charge in [-0.25, -0.2) is 9.59 Å². The zero-order valence-electron chi connectivity index (χ0n) is 11.6. The molecule has 0 radical (unpaired) electrons. The highest BCUT2D eigenvalue weighted by atomic mass is 16.6. The van der Waals surface area contributed by atoms with Gasteiger partial charge in [0, 0.05) is 17.7 Å². The Morgan fingerprint density at radius 2 is 1.87 bits per heavy atom. The van der Waals surface area contributed by atoms with E-state index in [1.54, 1.807) is 12.1 Å². The maximum atomic E-state index is 12.1. The van der Waals surface area contributed by atoms with E-state index in [1.165, 1.54) is 30.3 Å². The van der Waals surface area contributed by atoms with Crippen LogP contribution in [0.25, 0.3) is 22.1 Å². The summed E-state index contributed by atoms with van der Waals surface area (Å²) < 4.78 is 5.16. The molecular formula is C16H9NO6. The number of carboxylic acid groups (broad SMARTS) is 1. The van der Waals surface area contributed by atoms with Crippen molar-refractivity contribution in [2.24, 2.45) is 0 Å². The Kier molecular flexibility index (Phi) is 3.38. The van der Waals surface area contributed by atoms with Crippen LogP contribution in [0.5, 0.6) is 0 Å². The van der Waals surface area contributed by atoms with E-state index in [0.717, 1.165) is 6.07 Å². The first kappa shape index (κ1) is 14.5. The lowest BCUT2D eigenvalue weighted by atomic mass is 10.0. The van der Waals surface area contributed by atoms with Crippen molar-refractivity contribution in [3.63, 3.8) is 0 Å². The molecule has 7 nitrogen and oxygen atoms in total. The van der Waals surface area contributed by atoms with Crippen molar-refractivity contribution in [3.05, 3.63) is 74.6 Å². The molecule has 0 saturated carbocycles. The predicted molar refractivity (Wildman–Crippen MR) is 81.5 cm³/mol. The van der Waals surface area contributed by atoms with Gasteiger partial charge in [0.05, 0.1) is 15.9 Å². The molecule has 1 aromatic heterocycles. The van der Waals surface area contributed by atoms with Gasteiger partial charge in [-0.05, 0) is 23.6 Å². The monoisotopic (exact) mass is 311 g/mol. The summed E-state index contributed by atoms with van der Waals surface area (Å²) >= 11 is 0. The first-order chi connectivity index (χ1) is 11.0. The standard InChI is InChI=1S/C16H9NO6/c18-15(19)12-4-2-1-3-11(12)14-7-9-5-6-10(17(21)22)8-13(9)16(20)23-14/h1-8H,(H,18,19). The molecule has 0 aliphatic carbocycles. The third-order valence-electron chi connectivity index (χ3n) is 3.38. The van der Waals surface area contributed by atoms with Crippen LogP contribution in [0.15, 0.2) is 57.7 Å². The molecule has 1 N–H and O–H groups in total. The van der Waals surface area contributed by atoms with Crippen molar-refractivity contribution in [2.45, 2.75) is 0 Å². The minimum atomic E-state index is -1.15. The van der Waals surface area contributed by atoms with Gasteiger partial charge in [0.1, 0.15) is 5.76 Å². The first-order valence-electron chi connectivity index (χ1n) is 6.52. The molecule has 3 aromatic rings. The molecule has 0 atom stereocenters. The number of nitro benzene ring substituents is 1. The van der Waals surface area contributed by atoms with E-state index in [-0.39, 0.29) is 28.0 Å². The highest BCUT2D eigenvalue weighted by Crippen LogP contribution is 2.27. The average molecular weight is 311 g/mol. The number of aromatic carboxylic acids is 1. The highest BCUT2D eigenvalue weighted by Gasteiger charge is 2.16. The summed E-state index contributed by atoms with van der Waals surface area (Å²) in [6.07, 6.45) is 0. The van der Waals surface area contributed by atoms with Crippen molar-refractivity contribution in [3.8, 4) is 11.3 Å². The van der Waals surface area contributed by atoms with Gasteiger partial charge in [0.2, 0.25) is 0 Å². The Hall–Kier alpha value is -3.48. The third kappa shape index (κ3) is 2.55. The van der Waals surface area contributed by atoms with Gasteiger partial charge in [0.15, 0.2) is 0 Å². The number of carbonyl (C=O) groups is 1. The predicted octanol–water partition coefficient (Wildman–Crippen LogP) is 3.07. The molecule has 0 unspecified atom stereocenters. The summed E-state index contributed by atoms with van der Waals surface area (Å²) in [5, 5.41) is 20.5. The largest absolute Gasteiger partial charge is 0.478 e. The van der Waals surface area contributed by atoms with E-state index in [4.69, 9.17) is 4.42 Å². The molecule has 0 spiro atoms. The van der Waals surface area contributed by atoms with E-state index in [2.05, 4.69) is 0 Å². The third-order valence-corrected chi connectivity index (χ3v) is 3.38. The van der Waals surface area contributed by atoms with Gasteiger partial charge in [-0.1, -0.05) is 18.2 Å². The molecule has 0 aliphatic rings. The summed E-state index contributed by atoms with van der Waals surface area (Å²) in [7, 11) is 0. The molecule has 114 valence electrons. The number of non-ortho nitro benzene ring substituents is 1. The Morgan fingerprint density at radius 1 is 1.13 bits per heavy atom. The average Bonchev–Trinajstić information content (AvgIpc) is 2.54. The van der Waals surface area contributed by atoms with Crippen molar-refractivity contribution in [1.82, 2.24) is 0 Å². The Bertz CT molecular complexity index is 1000. The fraction of sp³-hybridized carbons (Fsp3) is 0. The van der Waals surface area contributed by atoms with Gasteiger partial charge >= 0.3 is 11.6 Å². The van der Waals surface area contributed by atoms with E-state index in [1.807, 2.05) is 0 Å². The summed E-state index contributed by atoms with van der Waals surface area (Å²) in [4.78, 5) is 33.5. The van der Waals surface area contributed by atoms with E-state index < -0.39 is 16.5 Å². The van der Waals surface area contributed by atoms with Crippen molar-refractivity contribution < 1.29 is 19.2 Å². The lowest BCUT2D eigenvalue weighted by molar-refractivity contribution is -0.384. The van der Waals surface area contributed by atoms with Gasteiger partial charge in [0.25, 0.3) is 5.69 Å². The Morgan fingerprint density at radius 3 is 2.57 bits per heavy atom. The number of carboxylic acids is 1. The lowest BCUT2D eigenvalue weighted by Gasteiger charge is -2.06. The number of nitrogens with zero attached hydrogens (tertiary/aromatic N) is 1. The van der Waals surface area contributed by atoms with Gasteiger partial charge < -0.3 is 9.52 Å². The molecule has 7 heteroatoms. The minimum absolute atomic E-state index is 0.00286. The zero-order valence-corrected chi connectivity index (χ0v) is 11.6. The summed E-state index contributed by atoms with van der Waals surface area (Å²) in [5.41, 5.74) is -0.723. The van der Waals surface area contributed by atoms with Crippen LogP contribution in [-0.4, -0.2) is 16.0 Å². The van der Waals surface area contributed by atoms with Crippen LogP contribution in [0, 0.1) is 10.1 Å². The lowest BCUT2D eigenvalue weighted by Crippen LogP contribution is -2.04. The minimum Gasteiger partial charge on any atom is -0.478 e. The second kappa shape index (κ2) is 5.38. The second-order valence-electron chi connectivity index (χ2n) is 4.78. The number of hydrogen-bond donors (Lipinski definition) is 1. The maximum Gasteiger partial charge on any atom is 0.344 e. The topological polar surface area (TPSA) is 111 Å². The molecule has 0 amide bonds.